The van der Waals surface area contributed by atoms with Crippen molar-refractivity contribution in [1.29, 1.82) is 0 Å². The highest BCUT2D eigenvalue weighted by molar-refractivity contribution is 8.00. The number of rotatable bonds is 7. The number of furan rings is 1. The molecular formula is C21H21ClN4O3S. The molecular weight excluding hydrogens is 424 g/mol. The van der Waals surface area contributed by atoms with Gasteiger partial charge in [0.2, 0.25) is 5.91 Å². The van der Waals surface area contributed by atoms with E-state index in [0.29, 0.717) is 27.9 Å². The Labute approximate surface area is 182 Å². The number of aromatic nitrogens is 3. The van der Waals surface area contributed by atoms with Crippen molar-refractivity contribution in [3.05, 3.63) is 47.4 Å². The number of ether oxygens (including phenoxy) is 1. The van der Waals surface area contributed by atoms with Crippen molar-refractivity contribution in [3.63, 3.8) is 0 Å². The first-order chi connectivity index (χ1) is 14.5. The zero-order valence-corrected chi connectivity index (χ0v) is 18.4. The van der Waals surface area contributed by atoms with Crippen molar-refractivity contribution in [2.24, 2.45) is 0 Å². The third kappa shape index (κ3) is 3.73. The summed E-state index contributed by atoms with van der Waals surface area (Å²) in [7, 11) is 1.55. The highest BCUT2D eigenvalue weighted by atomic mass is 35.5. The summed E-state index contributed by atoms with van der Waals surface area (Å²) in [6, 6.07) is 9.01. The summed E-state index contributed by atoms with van der Waals surface area (Å²) < 4.78 is 12.8. The molecule has 3 heterocycles. The normalized spacial score (nSPS) is 12.4. The molecule has 1 amide bonds. The SMILES string of the molecule is CCc1nnc(SC(CC)C(=O)Nc2ccc(OC)c(Cl)c2)c2cc3occc3n12. The van der Waals surface area contributed by atoms with Crippen LogP contribution in [0.2, 0.25) is 5.02 Å². The zero-order valence-electron chi connectivity index (χ0n) is 16.8. The van der Waals surface area contributed by atoms with Crippen molar-refractivity contribution in [2.75, 3.05) is 12.4 Å². The Hall–Kier alpha value is -2.71. The van der Waals surface area contributed by atoms with E-state index >= 15 is 0 Å². The molecule has 1 unspecified atom stereocenters. The second-order valence-corrected chi connectivity index (χ2v) is 8.26. The van der Waals surface area contributed by atoms with Crippen LogP contribution < -0.4 is 10.1 Å². The molecule has 0 radical (unpaired) electrons. The fraction of sp³-hybridized carbons (Fsp3) is 0.286. The third-order valence-electron chi connectivity index (χ3n) is 4.81. The minimum Gasteiger partial charge on any atom is -0.495 e. The Kier molecular flexibility index (Phi) is 5.87. The molecule has 1 N–H and O–H groups in total. The standard InChI is InChI=1S/C21H21ClN4O3S/c1-4-18(20(27)23-12-6-7-16(28-3)13(22)10-12)30-21-15-11-17-14(8-9-29-17)26(15)19(5-2)24-25-21/h6-11,18H,4-5H2,1-3H3,(H,23,27). The van der Waals surface area contributed by atoms with E-state index in [1.165, 1.54) is 11.8 Å². The number of benzene rings is 1. The maximum Gasteiger partial charge on any atom is 0.237 e. The van der Waals surface area contributed by atoms with Crippen LogP contribution >= 0.6 is 23.4 Å². The first-order valence-corrected chi connectivity index (χ1v) is 10.9. The predicted molar refractivity (Wildman–Crippen MR) is 119 cm³/mol. The van der Waals surface area contributed by atoms with Gasteiger partial charge in [-0.2, -0.15) is 0 Å². The predicted octanol–water partition coefficient (Wildman–Crippen LogP) is 5.21. The van der Waals surface area contributed by atoms with Gasteiger partial charge in [0.1, 0.15) is 16.6 Å². The summed E-state index contributed by atoms with van der Waals surface area (Å²) >= 11 is 7.56. The summed E-state index contributed by atoms with van der Waals surface area (Å²) in [5, 5.41) is 12.5. The molecule has 0 saturated heterocycles. The van der Waals surface area contributed by atoms with Gasteiger partial charge in [0.25, 0.3) is 0 Å². The number of hydrogen-bond acceptors (Lipinski definition) is 6. The topological polar surface area (TPSA) is 81.7 Å². The summed E-state index contributed by atoms with van der Waals surface area (Å²) in [4.78, 5) is 12.9. The second-order valence-electron chi connectivity index (χ2n) is 6.66. The minimum atomic E-state index is -0.349. The van der Waals surface area contributed by atoms with Crippen molar-refractivity contribution < 1.29 is 13.9 Å². The molecule has 0 fully saturated rings. The van der Waals surface area contributed by atoms with E-state index in [1.54, 1.807) is 31.6 Å². The van der Waals surface area contributed by atoms with Gasteiger partial charge in [0, 0.05) is 24.2 Å². The lowest BCUT2D eigenvalue weighted by atomic mass is 10.2. The number of nitrogens with one attached hydrogen (secondary N) is 1. The van der Waals surface area contributed by atoms with Crippen LogP contribution in [0.15, 0.2) is 46.0 Å². The van der Waals surface area contributed by atoms with Gasteiger partial charge in [-0.3, -0.25) is 9.20 Å². The summed E-state index contributed by atoms with van der Waals surface area (Å²) in [6.45, 7) is 4.00. The number of halogens is 1. The maximum atomic E-state index is 12.9. The molecule has 0 aliphatic carbocycles. The number of carbonyl (C=O) groups is 1. The molecule has 0 spiro atoms. The Bertz CT molecular complexity index is 1220. The number of aryl methyl sites for hydroxylation is 1. The van der Waals surface area contributed by atoms with E-state index in [2.05, 4.69) is 15.5 Å². The average molecular weight is 445 g/mol. The highest BCUT2D eigenvalue weighted by Gasteiger charge is 2.23. The Balaban J connectivity index is 1.61. The van der Waals surface area contributed by atoms with Crippen LogP contribution in [-0.2, 0) is 11.2 Å². The second kappa shape index (κ2) is 8.57. The van der Waals surface area contributed by atoms with Crippen LogP contribution in [0.25, 0.3) is 16.6 Å². The fourth-order valence-corrected chi connectivity index (χ4v) is 4.52. The molecule has 4 aromatic rings. The van der Waals surface area contributed by atoms with Gasteiger partial charge in [0.15, 0.2) is 5.58 Å². The molecule has 7 nitrogen and oxygen atoms in total. The van der Waals surface area contributed by atoms with Crippen LogP contribution in [-0.4, -0.2) is 32.9 Å². The van der Waals surface area contributed by atoms with Gasteiger partial charge in [-0.15, -0.1) is 10.2 Å². The first-order valence-electron chi connectivity index (χ1n) is 9.61. The molecule has 3 aromatic heterocycles. The highest BCUT2D eigenvalue weighted by Crippen LogP contribution is 2.33. The van der Waals surface area contributed by atoms with E-state index < -0.39 is 0 Å². The monoisotopic (exact) mass is 444 g/mol. The van der Waals surface area contributed by atoms with E-state index in [9.17, 15) is 4.79 Å². The van der Waals surface area contributed by atoms with Gasteiger partial charge in [-0.05, 0) is 24.6 Å². The maximum absolute atomic E-state index is 12.9. The van der Waals surface area contributed by atoms with Crippen LogP contribution in [0, 0.1) is 0 Å². The van der Waals surface area contributed by atoms with Gasteiger partial charge in [-0.1, -0.05) is 37.2 Å². The van der Waals surface area contributed by atoms with Crippen molar-refractivity contribution in [2.45, 2.75) is 37.0 Å². The smallest absolute Gasteiger partial charge is 0.237 e. The van der Waals surface area contributed by atoms with Gasteiger partial charge in [-0.25, -0.2) is 0 Å². The number of fused-ring (bicyclic) bond motifs is 3. The molecule has 156 valence electrons. The Morgan fingerprint density at radius 1 is 1.27 bits per heavy atom. The van der Waals surface area contributed by atoms with E-state index in [-0.39, 0.29) is 11.2 Å². The number of amides is 1. The molecule has 0 aliphatic rings. The van der Waals surface area contributed by atoms with Gasteiger partial charge < -0.3 is 14.5 Å². The number of carbonyl (C=O) groups excluding carboxylic acids is 1. The van der Waals surface area contributed by atoms with Crippen molar-refractivity contribution >= 4 is 51.6 Å². The quantitative estimate of drug-likeness (QED) is 0.394. The van der Waals surface area contributed by atoms with Gasteiger partial charge in [0.05, 0.1) is 34.7 Å². The molecule has 0 saturated carbocycles. The van der Waals surface area contributed by atoms with Crippen LogP contribution in [0.1, 0.15) is 26.1 Å². The van der Waals surface area contributed by atoms with Crippen molar-refractivity contribution in [3.8, 4) is 5.75 Å². The molecule has 9 heteroatoms. The molecule has 1 atom stereocenters. The van der Waals surface area contributed by atoms with E-state index in [0.717, 1.165) is 28.9 Å². The lowest BCUT2D eigenvalue weighted by Gasteiger charge is -2.15. The Morgan fingerprint density at radius 3 is 2.80 bits per heavy atom. The lowest BCUT2D eigenvalue weighted by Crippen LogP contribution is -2.25. The number of nitrogens with zero attached hydrogens (tertiary/aromatic N) is 3. The number of hydrogen-bond donors (Lipinski definition) is 1. The molecule has 30 heavy (non-hydrogen) atoms. The molecule has 1 aromatic carbocycles. The largest absolute Gasteiger partial charge is 0.495 e. The number of methoxy groups -OCH3 is 1. The molecule has 4 rings (SSSR count). The van der Waals surface area contributed by atoms with E-state index in [1.807, 2.05) is 30.4 Å². The molecule has 0 bridgehead atoms. The third-order valence-corrected chi connectivity index (χ3v) is 6.45. The minimum absolute atomic E-state index is 0.126. The first kappa shape index (κ1) is 20.6. The summed E-state index contributed by atoms with van der Waals surface area (Å²) in [5.74, 6) is 1.27. The van der Waals surface area contributed by atoms with Crippen LogP contribution in [0.3, 0.4) is 0 Å². The number of anilines is 1. The lowest BCUT2D eigenvalue weighted by molar-refractivity contribution is -0.115. The van der Waals surface area contributed by atoms with Crippen LogP contribution in [0.5, 0.6) is 5.75 Å². The Morgan fingerprint density at radius 2 is 2.10 bits per heavy atom. The summed E-state index contributed by atoms with van der Waals surface area (Å²) in [5.41, 5.74) is 3.22. The molecule has 0 aliphatic heterocycles. The van der Waals surface area contributed by atoms with Gasteiger partial charge >= 0.3 is 0 Å². The summed E-state index contributed by atoms with van der Waals surface area (Å²) in [6.07, 6.45) is 3.02. The average Bonchev–Trinajstić information content (AvgIpc) is 3.34. The zero-order chi connectivity index (χ0) is 21.3. The van der Waals surface area contributed by atoms with Crippen LogP contribution in [0.4, 0.5) is 5.69 Å². The van der Waals surface area contributed by atoms with Crippen molar-refractivity contribution in [1.82, 2.24) is 14.6 Å². The van der Waals surface area contributed by atoms with E-state index in [4.69, 9.17) is 20.8 Å². The fourth-order valence-electron chi connectivity index (χ4n) is 3.30. The number of thioether (sulfide) groups is 1.